The van der Waals surface area contributed by atoms with Gasteiger partial charge in [0, 0.05) is 5.69 Å². The third kappa shape index (κ3) is 1.77. The summed E-state index contributed by atoms with van der Waals surface area (Å²) in [5.74, 6) is 0. The standard InChI is InChI=1S/C13H18N2/c1-2-9-7-10-3-4-11(15)8-13(10)12(9)5-6-14/h3-4,8H,2,5-7,14-15H2,1H3. The van der Waals surface area contributed by atoms with Crippen molar-refractivity contribution in [2.75, 3.05) is 12.3 Å². The molecular weight excluding hydrogens is 184 g/mol. The van der Waals surface area contributed by atoms with Crippen LogP contribution in [0, 0.1) is 0 Å². The largest absolute Gasteiger partial charge is 0.399 e. The zero-order chi connectivity index (χ0) is 10.8. The predicted octanol–water partition coefficient (Wildman–Crippen LogP) is 2.34. The minimum atomic E-state index is 0.715. The lowest BCUT2D eigenvalue weighted by Gasteiger charge is -2.06. The lowest BCUT2D eigenvalue weighted by molar-refractivity contribution is 0.986. The highest BCUT2D eigenvalue weighted by Crippen LogP contribution is 2.37. The van der Waals surface area contributed by atoms with Crippen molar-refractivity contribution in [3.63, 3.8) is 0 Å². The minimum absolute atomic E-state index is 0.715. The van der Waals surface area contributed by atoms with Gasteiger partial charge in [-0.05, 0) is 54.6 Å². The zero-order valence-corrected chi connectivity index (χ0v) is 9.22. The lowest BCUT2D eigenvalue weighted by Crippen LogP contribution is -2.00. The molecule has 2 heteroatoms. The second-order valence-corrected chi connectivity index (χ2v) is 4.07. The maximum absolute atomic E-state index is 5.82. The van der Waals surface area contributed by atoms with Crippen LogP contribution in [-0.4, -0.2) is 6.54 Å². The molecule has 0 saturated carbocycles. The molecule has 0 spiro atoms. The molecule has 0 saturated heterocycles. The summed E-state index contributed by atoms with van der Waals surface area (Å²) in [6.07, 6.45) is 3.17. The molecule has 0 atom stereocenters. The van der Waals surface area contributed by atoms with Crippen molar-refractivity contribution < 1.29 is 0 Å². The average molecular weight is 202 g/mol. The molecule has 0 bridgehead atoms. The van der Waals surface area contributed by atoms with E-state index in [1.54, 1.807) is 0 Å². The fourth-order valence-electron chi connectivity index (χ4n) is 2.35. The molecule has 1 aromatic carbocycles. The second-order valence-electron chi connectivity index (χ2n) is 4.07. The van der Waals surface area contributed by atoms with Crippen LogP contribution in [0.3, 0.4) is 0 Å². The summed E-state index contributed by atoms with van der Waals surface area (Å²) < 4.78 is 0. The van der Waals surface area contributed by atoms with Gasteiger partial charge in [0.15, 0.2) is 0 Å². The Bertz CT molecular complexity index is 405. The molecule has 0 fully saturated rings. The molecule has 4 N–H and O–H groups in total. The number of nitrogens with two attached hydrogens (primary N) is 2. The van der Waals surface area contributed by atoms with Crippen LogP contribution >= 0.6 is 0 Å². The quantitative estimate of drug-likeness (QED) is 0.739. The molecule has 0 aromatic heterocycles. The van der Waals surface area contributed by atoms with Crippen molar-refractivity contribution in [2.45, 2.75) is 26.2 Å². The van der Waals surface area contributed by atoms with E-state index in [1.165, 1.54) is 22.3 Å². The normalized spacial score (nSPS) is 14.5. The minimum Gasteiger partial charge on any atom is -0.399 e. The Morgan fingerprint density at radius 2 is 2.13 bits per heavy atom. The van der Waals surface area contributed by atoms with Gasteiger partial charge in [0.05, 0.1) is 0 Å². The van der Waals surface area contributed by atoms with Crippen LogP contribution in [0.15, 0.2) is 23.8 Å². The SMILES string of the molecule is CCC1=C(CCN)c2cc(N)ccc2C1. The molecule has 0 aliphatic heterocycles. The van der Waals surface area contributed by atoms with Crippen LogP contribution in [0.5, 0.6) is 0 Å². The first-order chi connectivity index (χ1) is 7.26. The van der Waals surface area contributed by atoms with Crippen molar-refractivity contribution in [1.82, 2.24) is 0 Å². The van der Waals surface area contributed by atoms with Crippen LogP contribution in [0.1, 0.15) is 30.9 Å². The first-order valence-electron chi connectivity index (χ1n) is 5.56. The molecule has 0 radical (unpaired) electrons. The highest BCUT2D eigenvalue weighted by Gasteiger charge is 2.19. The van der Waals surface area contributed by atoms with Crippen molar-refractivity contribution in [2.24, 2.45) is 5.73 Å². The molecule has 2 rings (SSSR count). The summed E-state index contributed by atoms with van der Waals surface area (Å²) in [5.41, 5.74) is 18.0. The van der Waals surface area contributed by atoms with E-state index < -0.39 is 0 Å². The first kappa shape index (κ1) is 10.2. The summed E-state index contributed by atoms with van der Waals surface area (Å²) in [6, 6.07) is 6.21. The van der Waals surface area contributed by atoms with E-state index in [-0.39, 0.29) is 0 Å². The highest BCUT2D eigenvalue weighted by molar-refractivity contribution is 5.78. The van der Waals surface area contributed by atoms with E-state index in [4.69, 9.17) is 11.5 Å². The molecular formula is C13H18N2. The van der Waals surface area contributed by atoms with Gasteiger partial charge in [0.25, 0.3) is 0 Å². The second kappa shape index (κ2) is 4.07. The number of nitrogen functional groups attached to an aromatic ring is 1. The van der Waals surface area contributed by atoms with E-state index in [2.05, 4.69) is 19.1 Å². The summed E-state index contributed by atoms with van der Waals surface area (Å²) >= 11 is 0. The average Bonchev–Trinajstić information content (AvgIpc) is 2.57. The Balaban J connectivity index is 2.44. The third-order valence-corrected chi connectivity index (χ3v) is 3.11. The maximum Gasteiger partial charge on any atom is 0.0320 e. The van der Waals surface area contributed by atoms with Gasteiger partial charge >= 0.3 is 0 Å². The van der Waals surface area contributed by atoms with Gasteiger partial charge in [-0.3, -0.25) is 0 Å². The van der Waals surface area contributed by atoms with Crippen LogP contribution in [0.25, 0.3) is 5.57 Å². The van der Waals surface area contributed by atoms with E-state index in [0.29, 0.717) is 6.54 Å². The van der Waals surface area contributed by atoms with Crippen LogP contribution < -0.4 is 11.5 Å². The molecule has 0 heterocycles. The first-order valence-corrected chi connectivity index (χ1v) is 5.56. The van der Waals surface area contributed by atoms with Crippen molar-refractivity contribution >= 4 is 11.3 Å². The van der Waals surface area contributed by atoms with E-state index in [9.17, 15) is 0 Å². The number of hydrogen-bond donors (Lipinski definition) is 2. The highest BCUT2D eigenvalue weighted by atomic mass is 14.5. The molecule has 80 valence electrons. The van der Waals surface area contributed by atoms with E-state index >= 15 is 0 Å². The maximum atomic E-state index is 5.82. The molecule has 1 aliphatic carbocycles. The van der Waals surface area contributed by atoms with Gasteiger partial charge in [-0.25, -0.2) is 0 Å². The summed E-state index contributed by atoms with van der Waals surface area (Å²) in [6.45, 7) is 2.92. The lowest BCUT2D eigenvalue weighted by atomic mass is 10.0. The summed E-state index contributed by atoms with van der Waals surface area (Å²) in [7, 11) is 0. The summed E-state index contributed by atoms with van der Waals surface area (Å²) in [5, 5.41) is 0. The molecule has 0 amide bonds. The smallest absolute Gasteiger partial charge is 0.0320 e. The van der Waals surface area contributed by atoms with Gasteiger partial charge < -0.3 is 11.5 Å². The summed E-state index contributed by atoms with van der Waals surface area (Å²) in [4.78, 5) is 0. The Hall–Kier alpha value is -1.28. The predicted molar refractivity (Wildman–Crippen MR) is 65.4 cm³/mol. The van der Waals surface area contributed by atoms with Gasteiger partial charge in [-0.2, -0.15) is 0 Å². The topological polar surface area (TPSA) is 52.0 Å². The van der Waals surface area contributed by atoms with E-state index in [0.717, 1.165) is 24.9 Å². The Labute approximate surface area is 91.0 Å². The van der Waals surface area contributed by atoms with Gasteiger partial charge in [0.1, 0.15) is 0 Å². The van der Waals surface area contributed by atoms with Gasteiger partial charge in [-0.1, -0.05) is 18.6 Å². The number of fused-ring (bicyclic) bond motifs is 1. The molecule has 15 heavy (non-hydrogen) atoms. The Morgan fingerprint density at radius 3 is 2.80 bits per heavy atom. The number of hydrogen-bond acceptors (Lipinski definition) is 2. The third-order valence-electron chi connectivity index (χ3n) is 3.11. The molecule has 1 aromatic rings. The van der Waals surface area contributed by atoms with Gasteiger partial charge in [-0.15, -0.1) is 0 Å². The Morgan fingerprint density at radius 1 is 1.33 bits per heavy atom. The molecule has 1 aliphatic rings. The zero-order valence-electron chi connectivity index (χ0n) is 9.22. The van der Waals surface area contributed by atoms with Crippen molar-refractivity contribution in [1.29, 1.82) is 0 Å². The molecule has 0 unspecified atom stereocenters. The monoisotopic (exact) mass is 202 g/mol. The number of rotatable bonds is 3. The Kier molecular flexibility index (Phi) is 2.78. The van der Waals surface area contributed by atoms with Crippen molar-refractivity contribution in [3.8, 4) is 0 Å². The van der Waals surface area contributed by atoms with Gasteiger partial charge in [0.2, 0.25) is 0 Å². The number of benzene rings is 1. The van der Waals surface area contributed by atoms with Crippen LogP contribution in [-0.2, 0) is 6.42 Å². The van der Waals surface area contributed by atoms with E-state index in [1.807, 2.05) is 6.07 Å². The van der Waals surface area contributed by atoms with Crippen LogP contribution in [0.2, 0.25) is 0 Å². The fourth-order valence-corrected chi connectivity index (χ4v) is 2.35. The number of anilines is 1. The van der Waals surface area contributed by atoms with Crippen LogP contribution in [0.4, 0.5) is 5.69 Å². The van der Waals surface area contributed by atoms with Crippen molar-refractivity contribution in [3.05, 3.63) is 34.9 Å². The molecule has 2 nitrogen and oxygen atoms in total. The fraction of sp³-hybridized carbons (Fsp3) is 0.385. The number of allylic oxidation sites excluding steroid dienone is 1.